The van der Waals surface area contributed by atoms with E-state index in [4.69, 9.17) is 10.2 Å². The van der Waals surface area contributed by atoms with Gasteiger partial charge in [-0.25, -0.2) is 0 Å². The molecule has 3 N–H and O–H groups in total. The minimum Gasteiger partial charge on any atom is -0.481 e. The molecule has 0 bridgehead atoms. The lowest BCUT2D eigenvalue weighted by molar-refractivity contribution is -0.148. The van der Waals surface area contributed by atoms with Crippen molar-refractivity contribution >= 4 is 11.9 Å². The third kappa shape index (κ3) is 4.55. The van der Waals surface area contributed by atoms with Gasteiger partial charge in [0, 0.05) is 12.6 Å². The Hall–Kier alpha value is -1.88. The van der Waals surface area contributed by atoms with Crippen LogP contribution in [0.3, 0.4) is 0 Å². The van der Waals surface area contributed by atoms with Gasteiger partial charge in [-0.2, -0.15) is 0 Å². The number of carboxylic acids is 2. The molecule has 98 valence electrons. The first-order valence-electron chi connectivity index (χ1n) is 5.73. The zero-order valence-corrected chi connectivity index (χ0v) is 10.2. The maximum Gasteiger partial charge on any atom is 0.308 e. The van der Waals surface area contributed by atoms with E-state index in [2.05, 4.69) is 5.32 Å². The Morgan fingerprint density at radius 1 is 1.22 bits per heavy atom. The maximum atomic E-state index is 10.9. The molecule has 0 aliphatic carbocycles. The molecular weight excluding hydrogens is 234 g/mol. The van der Waals surface area contributed by atoms with E-state index in [-0.39, 0.29) is 19.0 Å². The van der Waals surface area contributed by atoms with Gasteiger partial charge in [0.1, 0.15) is 0 Å². The second kappa shape index (κ2) is 6.76. The molecule has 1 aromatic rings. The minimum atomic E-state index is -1.10. The molecule has 1 aromatic carbocycles. The Morgan fingerprint density at radius 2 is 1.83 bits per heavy atom. The fraction of sp³-hybridized carbons (Fsp3) is 0.385. The largest absolute Gasteiger partial charge is 0.481 e. The number of carbonyl (C=O) groups is 2. The molecule has 0 spiro atoms. The van der Waals surface area contributed by atoms with Crippen LogP contribution in [0.1, 0.15) is 24.9 Å². The third-order valence-electron chi connectivity index (χ3n) is 2.74. The Balaban J connectivity index is 2.52. The Labute approximate surface area is 105 Å². The molecule has 2 unspecified atom stereocenters. The normalized spacial score (nSPS) is 13.8. The molecule has 0 aliphatic rings. The highest BCUT2D eigenvalue weighted by atomic mass is 16.4. The van der Waals surface area contributed by atoms with Gasteiger partial charge in [0.05, 0.1) is 12.3 Å². The van der Waals surface area contributed by atoms with Gasteiger partial charge in [-0.1, -0.05) is 30.3 Å². The van der Waals surface area contributed by atoms with E-state index in [1.165, 1.54) is 0 Å². The van der Waals surface area contributed by atoms with E-state index in [0.717, 1.165) is 5.56 Å². The number of aliphatic carboxylic acids is 2. The number of benzene rings is 1. The number of rotatable bonds is 7. The minimum absolute atomic E-state index is 0.0122. The van der Waals surface area contributed by atoms with Crippen LogP contribution in [0.4, 0.5) is 0 Å². The lowest BCUT2D eigenvalue weighted by atomic mass is 10.0. The number of hydrogen-bond acceptors (Lipinski definition) is 3. The highest BCUT2D eigenvalue weighted by molar-refractivity contribution is 5.77. The SMILES string of the molecule is CC(NCC(CC(=O)O)C(=O)O)c1ccccc1. The fourth-order valence-corrected chi connectivity index (χ4v) is 1.64. The van der Waals surface area contributed by atoms with Gasteiger partial charge in [0.15, 0.2) is 0 Å². The van der Waals surface area contributed by atoms with Crippen molar-refractivity contribution in [3.8, 4) is 0 Å². The van der Waals surface area contributed by atoms with Gasteiger partial charge in [-0.05, 0) is 12.5 Å². The first-order chi connectivity index (χ1) is 8.50. The summed E-state index contributed by atoms with van der Waals surface area (Å²) >= 11 is 0. The fourth-order valence-electron chi connectivity index (χ4n) is 1.64. The molecule has 2 atom stereocenters. The highest BCUT2D eigenvalue weighted by Gasteiger charge is 2.21. The van der Waals surface area contributed by atoms with Crippen molar-refractivity contribution < 1.29 is 19.8 Å². The molecule has 0 fully saturated rings. The van der Waals surface area contributed by atoms with Crippen molar-refractivity contribution in [1.29, 1.82) is 0 Å². The Morgan fingerprint density at radius 3 is 2.33 bits per heavy atom. The van der Waals surface area contributed by atoms with E-state index < -0.39 is 17.9 Å². The summed E-state index contributed by atoms with van der Waals surface area (Å²) < 4.78 is 0. The van der Waals surface area contributed by atoms with Crippen LogP contribution in [0.15, 0.2) is 30.3 Å². The molecule has 1 rings (SSSR count). The topological polar surface area (TPSA) is 86.6 Å². The van der Waals surface area contributed by atoms with E-state index in [9.17, 15) is 9.59 Å². The van der Waals surface area contributed by atoms with Gasteiger partial charge in [0.2, 0.25) is 0 Å². The molecule has 18 heavy (non-hydrogen) atoms. The van der Waals surface area contributed by atoms with Crippen LogP contribution in [0.5, 0.6) is 0 Å². The molecule has 0 heterocycles. The van der Waals surface area contributed by atoms with Gasteiger partial charge in [-0.15, -0.1) is 0 Å². The summed E-state index contributed by atoms with van der Waals surface area (Å²) in [4.78, 5) is 21.4. The lowest BCUT2D eigenvalue weighted by Gasteiger charge is -2.17. The van der Waals surface area contributed by atoms with E-state index in [1.807, 2.05) is 37.3 Å². The number of carboxylic acid groups (broad SMARTS) is 2. The zero-order chi connectivity index (χ0) is 13.5. The van der Waals surface area contributed by atoms with Crippen molar-refractivity contribution in [2.24, 2.45) is 5.92 Å². The predicted molar refractivity (Wildman–Crippen MR) is 66.2 cm³/mol. The summed E-state index contributed by atoms with van der Waals surface area (Å²) in [6.45, 7) is 2.05. The summed E-state index contributed by atoms with van der Waals surface area (Å²) in [7, 11) is 0. The average molecular weight is 251 g/mol. The Kier molecular flexibility index (Phi) is 5.32. The number of nitrogens with one attached hydrogen (secondary N) is 1. The predicted octanol–water partition coefficient (Wildman–Crippen LogP) is 1.51. The number of hydrogen-bond donors (Lipinski definition) is 3. The van der Waals surface area contributed by atoms with Crippen LogP contribution in [0, 0.1) is 5.92 Å². The van der Waals surface area contributed by atoms with Crippen molar-refractivity contribution in [1.82, 2.24) is 5.32 Å². The van der Waals surface area contributed by atoms with Crippen LogP contribution in [-0.2, 0) is 9.59 Å². The summed E-state index contributed by atoms with van der Waals surface area (Å²) in [5, 5.41) is 20.6. The van der Waals surface area contributed by atoms with E-state index >= 15 is 0 Å². The summed E-state index contributed by atoms with van der Waals surface area (Å²) in [6, 6.07) is 9.57. The molecule has 5 heteroatoms. The molecule has 0 aromatic heterocycles. The summed E-state index contributed by atoms with van der Waals surface area (Å²) in [6.07, 6.45) is -0.371. The van der Waals surface area contributed by atoms with Gasteiger partial charge < -0.3 is 15.5 Å². The molecule has 0 radical (unpaired) electrons. The van der Waals surface area contributed by atoms with Crippen molar-refractivity contribution in [3.63, 3.8) is 0 Å². The quantitative estimate of drug-likeness (QED) is 0.684. The standard InChI is InChI=1S/C13H17NO4/c1-9(10-5-3-2-4-6-10)14-8-11(13(17)18)7-12(15)16/h2-6,9,11,14H,7-8H2,1H3,(H,15,16)(H,17,18). The molecule has 0 saturated heterocycles. The molecular formula is C13H17NO4. The molecule has 5 nitrogen and oxygen atoms in total. The smallest absolute Gasteiger partial charge is 0.308 e. The van der Waals surface area contributed by atoms with Crippen LogP contribution in [0.2, 0.25) is 0 Å². The first kappa shape index (κ1) is 14.2. The second-order valence-electron chi connectivity index (χ2n) is 4.17. The zero-order valence-electron chi connectivity index (χ0n) is 10.2. The second-order valence-corrected chi connectivity index (χ2v) is 4.17. The molecule has 0 aliphatic heterocycles. The van der Waals surface area contributed by atoms with Gasteiger partial charge >= 0.3 is 11.9 Å². The average Bonchev–Trinajstić information content (AvgIpc) is 2.34. The summed E-state index contributed by atoms with van der Waals surface area (Å²) in [5.74, 6) is -3.10. The maximum absolute atomic E-state index is 10.9. The van der Waals surface area contributed by atoms with Crippen LogP contribution < -0.4 is 5.32 Å². The van der Waals surface area contributed by atoms with Crippen molar-refractivity contribution in [2.45, 2.75) is 19.4 Å². The third-order valence-corrected chi connectivity index (χ3v) is 2.74. The first-order valence-corrected chi connectivity index (χ1v) is 5.73. The van der Waals surface area contributed by atoms with Crippen LogP contribution in [0.25, 0.3) is 0 Å². The monoisotopic (exact) mass is 251 g/mol. The van der Waals surface area contributed by atoms with Gasteiger partial charge in [-0.3, -0.25) is 9.59 Å². The van der Waals surface area contributed by atoms with Crippen molar-refractivity contribution in [2.75, 3.05) is 6.54 Å². The molecule has 0 amide bonds. The van der Waals surface area contributed by atoms with Crippen molar-refractivity contribution in [3.05, 3.63) is 35.9 Å². The van der Waals surface area contributed by atoms with E-state index in [0.29, 0.717) is 0 Å². The molecule has 0 saturated carbocycles. The lowest BCUT2D eigenvalue weighted by Crippen LogP contribution is -2.31. The highest BCUT2D eigenvalue weighted by Crippen LogP contribution is 2.12. The Bertz CT molecular complexity index is 405. The van der Waals surface area contributed by atoms with Crippen LogP contribution >= 0.6 is 0 Å². The van der Waals surface area contributed by atoms with E-state index in [1.54, 1.807) is 0 Å². The van der Waals surface area contributed by atoms with Crippen LogP contribution in [-0.4, -0.2) is 28.7 Å². The summed E-state index contributed by atoms with van der Waals surface area (Å²) in [5.41, 5.74) is 1.04. The van der Waals surface area contributed by atoms with Gasteiger partial charge in [0.25, 0.3) is 0 Å².